The molecule has 1 aromatic rings. The van der Waals surface area contributed by atoms with Crippen LogP contribution in [0, 0.1) is 24.2 Å². The maximum absolute atomic E-state index is 9.45. The minimum atomic E-state index is -0.425. The predicted molar refractivity (Wildman–Crippen MR) is 61.7 cm³/mol. The van der Waals surface area contributed by atoms with Crippen molar-refractivity contribution in [2.45, 2.75) is 38.8 Å². The first-order chi connectivity index (χ1) is 7.72. The van der Waals surface area contributed by atoms with Crippen molar-refractivity contribution in [3.63, 3.8) is 0 Å². The molecular formula is C12H18N4. The summed E-state index contributed by atoms with van der Waals surface area (Å²) in [7, 11) is 0. The summed E-state index contributed by atoms with van der Waals surface area (Å²) in [5, 5.41) is 17.1. The molecule has 1 aliphatic rings. The quantitative estimate of drug-likeness (QED) is 0.814. The summed E-state index contributed by atoms with van der Waals surface area (Å²) >= 11 is 0. The molecule has 16 heavy (non-hydrogen) atoms. The van der Waals surface area contributed by atoms with Crippen LogP contribution in [0.15, 0.2) is 12.3 Å². The third-order valence-electron chi connectivity index (χ3n) is 3.29. The van der Waals surface area contributed by atoms with Crippen molar-refractivity contribution in [2.75, 3.05) is 6.54 Å². The van der Waals surface area contributed by atoms with Gasteiger partial charge in [-0.3, -0.25) is 10.00 Å². The third kappa shape index (κ3) is 1.96. The maximum Gasteiger partial charge on any atom is 0.129 e. The van der Waals surface area contributed by atoms with Gasteiger partial charge in [-0.05, 0) is 38.3 Å². The number of aromatic nitrogens is 2. The Kier molecular flexibility index (Phi) is 2.97. The second-order valence-corrected chi connectivity index (χ2v) is 4.52. The summed E-state index contributed by atoms with van der Waals surface area (Å²) in [5.74, 6) is 0.487. The molecule has 0 aromatic carbocycles. The van der Waals surface area contributed by atoms with Crippen LogP contribution in [-0.4, -0.2) is 21.9 Å². The Bertz CT molecular complexity index is 399. The van der Waals surface area contributed by atoms with Crippen molar-refractivity contribution < 1.29 is 0 Å². The summed E-state index contributed by atoms with van der Waals surface area (Å²) in [6.07, 6.45) is 4.10. The molecule has 4 heteroatoms. The van der Waals surface area contributed by atoms with Gasteiger partial charge in [0, 0.05) is 11.9 Å². The molecule has 0 aliphatic heterocycles. The molecular weight excluding hydrogens is 200 g/mol. The molecule has 4 nitrogen and oxygen atoms in total. The van der Waals surface area contributed by atoms with E-state index in [4.69, 9.17) is 0 Å². The largest absolute Gasteiger partial charge is 0.298 e. The van der Waals surface area contributed by atoms with Gasteiger partial charge in [-0.1, -0.05) is 6.92 Å². The first-order valence-corrected chi connectivity index (χ1v) is 5.86. The fraction of sp³-hybridized carbons (Fsp3) is 0.667. The van der Waals surface area contributed by atoms with Gasteiger partial charge < -0.3 is 0 Å². The summed E-state index contributed by atoms with van der Waals surface area (Å²) in [4.78, 5) is 0. The van der Waals surface area contributed by atoms with Crippen molar-refractivity contribution >= 4 is 0 Å². The summed E-state index contributed by atoms with van der Waals surface area (Å²) in [6.45, 7) is 5.55. The minimum absolute atomic E-state index is 0.425. The Hall–Kier alpha value is -1.34. The zero-order chi connectivity index (χ0) is 11.6. The molecule has 0 spiro atoms. The van der Waals surface area contributed by atoms with Gasteiger partial charge in [-0.2, -0.15) is 10.4 Å². The molecule has 1 saturated carbocycles. The Morgan fingerprint density at radius 2 is 2.44 bits per heavy atom. The van der Waals surface area contributed by atoms with Gasteiger partial charge in [0.25, 0.3) is 0 Å². The van der Waals surface area contributed by atoms with Gasteiger partial charge in [-0.15, -0.1) is 0 Å². The number of nitriles is 1. The maximum atomic E-state index is 9.45. The molecule has 0 bridgehead atoms. The summed E-state index contributed by atoms with van der Waals surface area (Å²) in [6, 6.07) is 4.45. The lowest BCUT2D eigenvalue weighted by Crippen LogP contribution is -2.49. The fourth-order valence-corrected chi connectivity index (χ4v) is 2.19. The number of hydrogen-bond donors (Lipinski definition) is 1. The van der Waals surface area contributed by atoms with Crippen LogP contribution in [0.25, 0.3) is 0 Å². The monoisotopic (exact) mass is 218 g/mol. The topological polar surface area (TPSA) is 53.6 Å². The van der Waals surface area contributed by atoms with E-state index < -0.39 is 5.54 Å². The SMILES string of the molecule is CCNC(C#N)(Cn1nccc1C)C1CC1. The van der Waals surface area contributed by atoms with Gasteiger partial charge in [-0.25, -0.2) is 0 Å². The zero-order valence-corrected chi connectivity index (χ0v) is 9.90. The van der Waals surface area contributed by atoms with E-state index in [1.165, 1.54) is 0 Å². The van der Waals surface area contributed by atoms with Gasteiger partial charge in [0.05, 0.1) is 12.6 Å². The van der Waals surface area contributed by atoms with E-state index >= 15 is 0 Å². The predicted octanol–water partition coefficient (Wildman–Crippen LogP) is 1.47. The Morgan fingerprint density at radius 1 is 1.69 bits per heavy atom. The second kappa shape index (κ2) is 4.26. The van der Waals surface area contributed by atoms with Gasteiger partial charge in [0.15, 0.2) is 0 Å². The Labute approximate surface area is 96.3 Å². The molecule has 1 unspecified atom stereocenters. The number of aryl methyl sites for hydroxylation is 1. The number of likely N-dealkylation sites (N-methyl/N-ethyl adjacent to an activating group) is 1. The average molecular weight is 218 g/mol. The summed E-state index contributed by atoms with van der Waals surface area (Å²) in [5.41, 5.74) is 0.684. The molecule has 1 aromatic heterocycles. The molecule has 1 fully saturated rings. The van der Waals surface area contributed by atoms with Gasteiger partial charge in [0.2, 0.25) is 0 Å². The van der Waals surface area contributed by atoms with Crippen LogP contribution in [0.4, 0.5) is 0 Å². The van der Waals surface area contributed by atoms with E-state index in [1.54, 1.807) is 6.20 Å². The van der Waals surface area contributed by atoms with Gasteiger partial charge in [0.1, 0.15) is 5.54 Å². The van der Waals surface area contributed by atoms with Crippen LogP contribution < -0.4 is 5.32 Å². The lowest BCUT2D eigenvalue weighted by atomic mass is 9.95. The fourth-order valence-electron chi connectivity index (χ4n) is 2.19. The van der Waals surface area contributed by atoms with Crippen molar-refractivity contribution in [3.8, 4) is 6.07 Å². The van der Waals surface area contributed by atoms with E-state index in [-0.39, 0.29) is 0 Å². The van der Waals surface area contributed by atoms with Crippen molar-refractivity contribution in [1.82, 2.24) is 15.1 Å². The smallest absolute Gasteiger partial charge is 0.129 e. The number of nitrogens with zero attached hydrogens (tertiary/aromatic N) is 3. The number of hydrogen-bond acceptors (Lipinski definition) is 3. The Morgan fingerprint density at radius 3 is 2.88 bits per heavy atom. The highest BCUT2D eigenvalue weighted by Gasteiger charge is 2.45. The molecule has 1 heterocycles. The van der Waals surface area contributed by atoms with E-state index in [2.05, 4.69) is 16.5 Å². The molecule has 86 valence electrons. The van der Waals surface area contributed by atoms with E-state index in [9.17, 15) is 5.26 Å². The van der Waals surface area contributed by atoms with Crippen molar-refractivity contribution in [1.29, 1.82) is 5.26 Å². The Balaban J connectivity index is 2.20. The first kappa shape index (κ1) is 11.2. The molecule has 1 atom stereocenters. The second-order valence-electron chi connectivity index (χ2n) is 4.52. The van der Waals surface area contributed by atoms with Gasteiger partial charge >= 0.3 is 0 Å². The van der Waals surface area contributed by atoms with E-state index in [1.807, 2.05) is 24.6 Å². The van der Waals surface area contributed by atoms with Crippen molar-refractivity contribution in [2.24, 2.45) is 5.92 Å². The van der Waals surface area contributed by atoms with Crippen LogP contribution in [-0.2, 0) is 6.54 Å². The lowest BCUT2D eigenvalue weighted by Gasteiger charge is -2.27. The highest BCUT2D eigenvalue weighted by atomic mass is 15.3. The van der Waals surface area contributed by atoms with Crippen LogP contribution in [0.2, 0.25) is 0 Å². The lowest BCUT2D eigenvalue weighted by molar-refractivity contribution is 0.308. The first-order valence-electron chi connectivity index (χ1n) is 5.86. The average Bonchev–Trinajstić information content (AvgIpc) is 3.05. The highest BCUT2D eigenvalue weighted by Crippen LogP contribution is 2.40. The van der Waals surface area contributed by atoms with Crippen molar-refractivity contribution in [3.05, 3.63) is 18.0 Å². The molecule has 2 rings (SSSR count). The molecule has 0 saturated heterocycles. The molecule has 1 aliphatic carbocycles. The molecule has 1 N–H and O–H groups in total. The van der Waals surface area contributed by atoms with Crippen LogP contribution in [0.3, 0.4) is 0 Å². The van der Waals surface area contributed by atoms with Crippen LogP contribution in [0.5, 0.6) is 0 Å². The molecule has 0 amide bonds. The zero-order valence-electron chi connectivity index (χ0n) is 9.90. The van der Waals surface area contributed by atoms with Crippen LogP contribution >= 0.6 is 0 Å². The van der Waals surface area contributed by atoms with E-state index in [0.717, 1.165) is 25.1 Å². The molecule has 0 radical (unpaired) electrons. The standard InChI is InChI=1S/C12H18N4/c1-3-14-12(8-13,11-4-5-11)9-16-10(2)6-7-15-16/h6-7,11,14H,3-5,9H2,1-2H3. The highest BCUT2D eigenvalue weighted by molar-refractivity contribution is 5.15. The third-order valence-corrected chi connectivity index (χ3v) is 3.29. The number of rotatable bonds is 5. The number of nitrogens with one attached hydrogen (secondary N) is 1. The summed E-state index contributed by atoms with van der Waals surface area (Å²) < 4.78 is 1.92. The van der Waals surface area contributed by atoms with E-state index in [0.29, 0.717) is 12.5 Å². The minimum Gasteiger partial charge on any atom is -0.298 e. The normalized spacial score (nSPS) is 19.1. The van der Waals surface area contributed by atoms with Crippen LogP contribution in [0.1, 0.15) is 25.5 Å².